The molecule has 1 amide bonds. The molecular weight excluding hydrogens is 286 g/mol. The van der Waals surface area contributed by atoms with Crippen molar-refractivity contribution in [1.29, 1.82) is 0 Å². The number of para-hydroxylation sites is 1. The minimum atomic E-state index is -0.230. The second-order valence-corrected chi connectivity index (χ2v) is 4.99. The minimum Gasteiger partial charge on any atom is -0.320 e. The van der Waals surface area contributed by atoms with Crippen LogP contribution in [0.4, 0.5) is 5.69 Å². The Labute approximate surface area is 126 Å². The smallest absolute Gasteiger partial charge is 0.256 e. The molecule has 4 nitrogen and oxygen atoms in total. The molecule has 5 heteroatoms. The van der Waals surface area contributed by atoms with Crippen LogP contribution in [0.25, 0.3) is 10.9 Å². The van der Waals surface area contributed by atoms with Gasteiger partial charge in [0.05, 0.1) is 22.5 Å². The summed E-state index contributed by atoms with van der Waals surface area (Å²) in [7, 11) is 0. The van der Waals surface area contributed by atoms with Gasteiger partial charge in [-0.15, -0.1) is 0 Å². The maximum absolute atomic E-state index is 12.5. The molecule has 0 atom stereocenters. The van der Waals surface area contributed by atoms with Crippen molar-refractivity contribution in [3.05, 3.63) is 65.1 Å². The number of pyridine rings is 2. The van der Waals surface area contributed by atoms with Gasteiger partial charge in [0.15, 0.2) is 0 Å². The van der Waals surface area contributed by atoms with Gasteiger partial charge in [-0.3, -0.25) is 9.78 Å². The number of hydrogen-bond acceptors (Lipinski definition) is 3. The summed E-state index contributed by atoms with van der Waals surface area (Å²) in [5.41, 5.74) is 2.63. The van der Waals surface area contributed by atoms with Crippen molar-refractivity contribution >= 4 is 34.1 Å². The summed E-state index contributed by atoms with van der Waals surface area (Å²) in [6, 6.07) is 12.6. The molecule has 0 radical (unpaired) electrons. The van der Waals surface area contributed by atoms with Gasteiger partial charge in [0.1, 0.15) is 5.15 Å². The van der Waals surface area contributed by atoms with E-state index < -0.39 is 0 Å². The van der Waals surface area contributed by atoms with Gasteiger partial charge < -0.3 is 5.32 Å². The number of hydrogen-bond donors (Lipinski definition) is 1. The number of nitrogens with one attached hydrogen (secondary N) is 1. The average molecular weight is 298 g/mol. The SMILES string of the molecule is Cc1ncccc1NC(=O)c1cc(Cl)nc2ccccc12. The molecule has 1 aromatic carbocycles. The first-order chi connectivity index (χ1) is 10.1. The molecule has 3 rings (SSSR count). The van der Waals surface area contributed by atoms with Crippen molar-refractivity contribution in [2.45, 2.75) is 6.92 Å². The molecule has 3 aromatic rings. The number of carbonyl (C=O) groups excluding carboxylic acids is 1. The van der Waals surface area contributed by atoms with Gasteiger partial charge in [-0.2, -0.15) is 0 Å². The van der Waals surface area contributed by atoms with Crippen LogP contribution in [0.5, 0.6) is 0 Å². The van der Waals surface area contributed by atoms with Crippen LogP contribution in [0.2, 0.25) is 5.15 Å². The molecule has 0 aliphatic heterocycles. The molecular formula is C16H12ClN3O. The van der Waals surface area contributed by atoms with Crippen molar-refractivity contribution < 1.29 is 4.79 Å². The number of aryl methyl sites for hydroxylation is 1. The Bertz CT molecular complexity index is 833. The third kappa shape index (κ3) is 2.71. The maximum Gasteiger partial charge on any atom is 0.256 e. The van der Waals surface area contributed by atoms with Gasteiger partial charge in [-0.1, -0.05) is 29.8 Å². The van der Waals surface area contributed by atoms with Gasteiger partial charge in [0.2, 0.25) is 0 Å². The number of aromatic nitrogens is 2. The molecule has 0 saturated heterocycles. The van der Waals surface area contributed by atoms with Crippen molar-refractivity contribution in [1.82, 2.24) is 9.97 Å². The van der Waals surface area contributed by atoms with E-state index in [1.165, 1.54) is 0 Å². The van der Waals surface area contributed by atoms with Crippen LogP contribution in [-0.4, -0.2) is 15.9 Å². The third-order valence-electron chi connectivity index (χ3n) is 3.18. The number of halogens is 1. The lowest BCUT2D eigenvalue weighted by atomic mass is 10.1. The molecule has 0 saturated carbocycles. The van der Waals surface area contributed by atoms with Gasteiger partial charge in [-0.05, 0) is 31.2 Å². The predicted octanol–water partition coefficient (Wildman–Crippen LogP) is 3.84. The lowest BCUT2D eigenvalue weighted by Gasteiger charge is -2.09. The van der Waals surface area contributed by atoms with Gasteiger partial charge in [0, 0.05) is 11.6 Å². The molecule has 0 unspecified atom stereocenters. The van der Waals surface area contributed by atoms with E-state index in [1.807, 2.05) is 37.3 Å². The number of benzene rings is 1. The highest BCUT2D eigenvalue weighted by Crippen LogP contribution is 2.22. The maximum atomic E-state index is 12.5. The first-order valence-electron chi connectivity index (χ1n) is 6.43. The van der Waals surface area contributed by atoms with E-state index in [9.17, 15) is 4.79 Å². The first-order valence-corrected chi connectivity index (χ1v) is 6.81. The Balaban J connectivity index is 2.04. The van der Waals surface area contributed by atoms with Crippen molar-refractivity contribution in [3.8, 4) is 0 Å². The van der Waals surface area contributed by atoms with Crippen LogP contribution < -0.4 is 5.32 Å². The minimum absolute atomic E-state index is 0.230. The van der Waals surface area contributed by atoms with Crippen LogP contribution in [-0.2, 0) is 0 Å². The Morgan fingerprint density at radius 1 is 1.19 bits per heavy atom. The standard InChI is InChI=1S/C16H12ClN3O/c1-10-13(7-4-8-18-10)20-16(21)12-9-15(17)19-14-6-3-2-5-11(12)14/h2-9H,1H3,(H,20,21). The quantitative estimate of drug-likeness (QED) is 0.731. The Morgan fingerprint density at radius 3 is 2.81 bits per heavy atom. The van der Waals surface area contributed by atoms with E-state index in [2.05, 4.69) is 15.3 Å². The van der Waals surface area contributed by atoms with E-state index in [1.54, 1.807) is 18.3 Å². The molecule has 0 spiro atoms. The monoisotopic (exact) mass is 297 g/mol. The summed E-state index contributed by atoms with van der Waals surface area (Å²) in [6.45, 7) is 1.84. The molecule has 0 aliphatic carbocycles. The van der Waals surface area contributed by atoms with Crippen LogP contribution in [0.15, 0.2) is 48.7 Å². The number of carbonyl (C=O) groups is 1. The van der Waals surface area contributed by atoms with Crippen molar-refractivity contribution in [2.24, 2.45) is 0 Å². The summed E-state index contributed by atoms with van der Waals surface area (Å²) < 4.78 is 0. The Morgan fingerprint density at radius 2 is 2.00 bits per heavy atom. The van der Waals surface area contributed by atoms with Crippen molar-refractivity contribution in [2.75, 3.05) is 5.32 Å². The van der Waals surface area contributed by atoms with Gasteiger partial charge in [-0.25, -0.2) is 4.98 Å². The summed E-state index contributed by atoms with van der Waals surface area (Å²) in [5, 5.41) is 3.92. The van der Waals surface area contributed by atoms with E-state index in [-0.39, 0.29) is 5.91 Å². The van der Waals surface area contributed by atoms with E-state index in [0.717, 1.165) is 11.1 Å². The highest BCUT2D eigenvalue weighted by atomic mass is 35.5. The normalized spacial score (nSPS) is 10.6. The predicted molar refractivity (Wildman–Crippen MR) is 83.7 cm³/mol. The molecule has 2 aromatic heterocycles. The van der Waals surface area contributed by atoms with E-state index in [4.69, 9.17) is 11.6 Å². The van der Waals surface area contributed by atoms with E-state index in [0.29, 0.717) is 21.9 Å². The molecule has 1 N–H and O–H groups in total. The second kappa shape index (κ2) is 5.50. The molecule has 0 bridgehead atoms. The Hall–Kier alpha value is -2.46. The molecule has 104 valence electrons. The molecule has 0 aliphatic rings. The molecule has 2 heterocycles. The summed E-state index contributed by atoms with van der Waals surface area (Å²) >= 11 is 6.00. The highest BCUT2D eigenvalue weighted by molar-refractivity contribution is 6.30. The topological polar surface area (TPSA) is 54.9 Å². The highest BCUT2D eigenvalue weighted by Gasteiger charge is 2.13. The lowest BCUT2D eigenvalue weighted by Crippen LogP contribution is -2.14. The summed E-state index contributed by atoms with van der Waals surface area (Å²) in [6.07, 6.45) is 1.68. The van der Waals surface area contributed by atoms with E-state index >= 15 is 0 Å². The van der Waals surface area contributed by atoms with Crippen LogP contribution in [0, 0.1) is 6.92 Å². The zero-order valence-corrected chi connectivity index (χ0v) is 12.1. The summed E-state index contributed by atoms with van der Waals surface area (Å²) in [4.78, 5) is 20.9. The molecule has 0 fully saturated rings. The number of amides is 1. The van der Waals surface area contributed by atoms with Crippen LogP contribution >= 0.6 is 11.6 Å². The largest absolute Gasteiger partial charge is 0.320 e. The average Bonchev–Trinajstić information content (AvgIpc) is 2.48. The fourth-order valence-corrected chi connectivity index (χ4v) is 2.34. The first kappa shape index (κ1) is 13.5. The zero-order valence-electron chi connectivity index (χ0n) is 11.3. The van der Waals surface area contributed by atoms with Crippen LogP contribution in [0.1, 0.15) is 16.1 Å². The second-order valence-electron chi connectivity index (χ2n) is 4.60. The number of nitrogens with zero attached hydrogens (tertiary/aromatic N) is 2. The fraction of sp³-hybridized carbons (Fsp3) is 0.0625. The number of anilines is 1. The number of rotatable bonds is 2. The lowest BCUT2D eigenvalue weighted by molar-refractivity contribution is 0.102. The van der Waals surface area contributed by atoms with Crippen LogP contribution in [0.3, 0.4) is 0 Å². The van der Waals surface area contributed by atoms with Gasteiger partial charge in [0.25, 0.3) is 5.91 Å². The van der Waals surface area contributed by atoms with Gasteiger partial charge >= 0.3 is 0 Å². The third-order valence-corrected chi connectivity index (χ3v) is 3.38. The molecule has 21 heavy (non-hydrogen) atoms. The fourth-order valence-electron chi connectivity index (χ4n) is 2.14. The van der Waals surface area contributed by atoms with Crippen molar-refractivity contribution in [3.63, 3.8) is 0 Å². The zero-order chi connectivity index (χ0) is 14.8. The Kier molecular flexibility index (Phi) is 3.54. The summed E-state index contributed by atoms with van der Waals surface area (Å²) in [5.74, 6) is -0.230. The number of fused-ring (bicyclic) bond motifs is 1.